The van der Waals surface area contributed by atoms with Gasteiger partial charge in [-0.3, -0.25) is 19.4 Å². The molecule has 1 fully saturated rings. The summed E-state index contributed by atoms with van der Waals surface area (Å²) in [6.07, 6.45) is 9.62. The molecule has 1 aromatic rings. The van der Waals surface area contributed by atoms with Crippen molar-refractivity contribution in [1.29, 1.82) is 0 Å². The van der Waals surface area contributed by atoms with Crippen molar-refractivity contribution in [3.05, 3.63) is 35.4 Å². The molecule has 31 heavy (non-hydrogen) atoms. The first-order valence-electron chi connectivity index (χ1n) is 11.6. The molecule has 0 saturated carbocycles. The summed E-state index contributed by atoms with van der Waals surface area (Å²) in [5.41, 5.74) is 1.87. The van der Waals surface area contributed by atoms with E-state index in [1.165, 1.54) is 29.1 Å². The van der Waals surface area contributed by atoms with E-state index in [1.54, 1.807) is 6.08 Å². The molecule has 4 amide bonds. The smallest absolute Gasteiger partial charge is 0.333 e. The number of imide groups is 2. The summed E-state index contributed by atoms with van der Waals surface area (Å²) in [4.78, 5) is 43.5. The van der Waals surface area contributed by atoms with E-state index in [-0.39, 0.29) is 5.57 Å². The van der Waals surface area contributed by atoms with Crippen LogP contribution in [0.25, 0.3) is 6.08 Å². The second-order valence-electron chi connectivity index (χ2n) is 8.36. The lowest BCUT2D eigenvalue weighted by atomic mass is 10.0. The molecular formula is C25H37N3O3. The lowest BCUT2D eigenvalue weighted by Gasteiger charge is -2.34. The Bertz CT molecular complexity index is 784. The monoisotopic (exact) mass is 427 g/mol. The van der Waals surface area contributed by atoms with Gasteiger partial charge in [0, 0.05) is 32.9 Å². The second-order valence-corrected chi connectivity index (χ2v) is 8.36. The second kappa shape index (κ2) is 12.3. The Morgan fingerprint density at radius 2 is 1.26 bits per heavy atom. The van der Waals surface area contributed by atoms with E-state index in [4.69, 9.17) is 0 Å². The van der Waals surface area contributed by atoms with E-state index >= 15 is 0 Å². The minimum Gasteiger partial charge on any atom is -0.378 e. The molecule has 1 aromatic carbocycles. The molecule has 170 valence electrons. The topological polar surface area (TPSA) is 60.9 Å². The zero-order valence-corrected chi connectivity index (χ0v) is 19.5. The minimum atomic E-state index is -0.487. The number of anilines is 1. The number of urea groups is 1. The largest absolute Gasteiger partial charge is 0.378 e. The van der Waals surface area contributed by atoms with Crippen LogP contribution in [0.1, 0.15) is 70.8 Å². The Morgan fingerprint density at radius 1 is 0.742 bits per heavy atom. The SMILES string of the molecule is CCCCCCCCN1C(=O)/C(=C\c2ccc(N(C)C)cc2)C(=O)N(CCCC)C1=O. The first kappa shape index (κ1) is 24.6. The van der Waals surface area contributed by atoms with Crippen molar-refractivity contribution in [2.24, 2.45) is 0 Å². The molecule has 0 atom stereocenters. The number of unbranched alkanes of at least 4 members (excludes halogenated alkanes) is 6. The maximum Gasteiger partial charge on any atom is 0.333 e. The molecule has 0 unspecified atom stereocenters. The van der Waals surface area contributed by atoms with Crippen LogP contribution in [0.4, 0.5) is 10.5 Å². The number of carbonyl (C=O) groups is 3. The van der Waals surface area contributed by atoms with E-state index in [9.17, 15) is 14.4 Å². The van der Waals surface area contributed by atoms with Crippen LogP contribution >= 0.6 is 0 Å². The van der Waals surface area contributed by atoms with E-state index in [2.05, 4.69) is 6.92 Å². The van der Waals surface area contributed by atoms with Gasteiger partial charge in [0.05, 0.1) is 0 Å². The van der Waals surface area contributed by atoms with E-state index in [0.717, 1.165) is 43.4 Å². The molecule has 0 bridgehead atoms. The van der Waals surface area contributed by atoms with Gasteiger partial charge in [0.25, 0.3) is 11.8 Å². The van der Waals surface area contributed by atoms with Crippen molar-refractivity contribution in [1.82, 2.24) is 9.80 Å². The summed E-state index contributed by atoms with van der Waals surface area (Å²) in [5, 5.41) is 0. The number of barbiturate groups is 1. The number of carbonyl (C=O) groups excluding carboxylic acids is 3. The van der Waals surface area contributed by atoms with Gasteiger partial charge in [-0.1, -0.05) is 64.5 Å². The van der Waals surface area contributed by atoms with Crippen molar-refractivity contribution >= 4 is 29.6 Å². The number of nitrogens with zero attached hydrogens (tertiary/aromatic N) is 3. The van der Waals surface area contributed by atoms with Gasteiger partial charge in [0.1, 0.15) is 5.57 Å². The fourth-order valence-corrected chi connectivity index (χ4v) is 3.62. The Hall–Kier alpha value is -2.63. The lowest BCUT2D eigenvalue weighted by molar-refractivity contribution is -0.135. The van der Waals surface area contributed by atoms with Gasteiger partial charge in [-0.2, -0.15) is 0 Å². The fourth-order valence-electron chi connectivity index (χ4n) is 3.62. The van der Waals surface area contributed by atoms with Gasteiger partial charge >= 0.3 is 6.03 Å². The Kier molecular flexibility index (Phi) is 9.76. The number of hydrogen-bond acceptors (Lipinski definition) is 4. The molecule has 1 aliphatic rings. The highest BCUT2D eigenvalue weighted by Gasteiger charge is 2.41. The zero-order chi connectivity index (χ0) is 22.8. The van der Waals surface area contributed by atoms with Crippen LogP contribution in [0.5, 0.6) is 0 Å². The highest BCUT2D eigenvalue weighted by molar-refractivity contribution is 6.30. The Morgan fingerprint density at radius 3 is 1.81 bits per heavy atom. The molecular weight excluding hydrogens is 390 g/mol. The highest BCUT2D eigenvalue weighted by Crippen LogP contribution is 2.22. The first-order chi connectivity index (χ1) is 14.9. The third-order valence-corrected chi connectivity index (χ3v) is 5.60. The molecule has 1 aliphatic heterocycles. The van der Waals surface area contributed by atoms with Crippen LogP contribution in [0.15, 0.2) is 29.8 Å². The van der Waals surface area contributed by atoms with E-state index < -0.39 is 17.8 Å². The molecule has 1 saturated heterocycles. The van der Waals surface area contributed by atoms with Crippen LogP contribution < -0.4 is 4.90 Å². The predicted octanol–water partition coefficient (Wildman–Crippen LogP) is 5.09. The predicted molar refractivity (Wildman–Crippen MR) is 126 cm³/mol. The zero-order valence-electron chi connectivity index (χ0n) is 19.5. The summed E-state index contributed by atoms with van der Waals surface area (Å²) in [6.45, 7) is 4.89. The molecule has 0 spiro atoms. The third-order valence-electron chi connectivity index (χ3n) is 5.60. The maximum absolute atomic E-state index is 13.1. The molecule has 0 N–H and O–H groups in total. The third kappa shape index (κ3) is 6.68. The quantitative estimate of drug-likeness (QED) is 0.265. The number of amides is 4. The molecule has 1 heterocycles. The van der Waals surface area contributed by atoms with Crippen LogP contribution in [-0.4, -0.2) is 54.8 Å². The molecule has 0 radical (unpaired) electrons. The highest BCUT2D eigenvalue weighted by atomic mass is 16.2. The van der Waals surface area contributed by atoms with Gasteiger partial charge < -0.3 is 4.90 Å². The normalized spacial score (nSPS) is 15.9. The van der Waals surface area contributed by atoms with Crippen molar-refractivity contribution in [3.8, 4) is 0 Å². The van der Waals surface area contributed by atoms with Crippen LogP contribution in [-0.2, 0) is 9.59 Å². The summed E-state index contributed by atoms with van der Waals surface area (Å²) in [7, 11) is 3.91. The van der Waals surface area contributed by atoms with Crippen LogP contribution in [0.3, 0.4) is 0 Å². The summed E-state index contributed by atoms with van der Waals surface area (Å²) < 4.78 is 0. The molecule has 6 heteroatoms. The molecule has 2 rings (SSSR count). The van der Waals surface area contributed by atoms with Gasteiger partial charge in [0.15, 0.2) is 0 Å². The molecule has 0 aliphatic carbocycles. The van der Waals surface area contributed by atoms with Gasteiger partial charge in [-0.15, -0.1) is 0 Å². The average Bonchev–Trinajstić information content (AvgIpc) is 2.76. The number of benzene rings is 1. The van der Waals surface area contributed by atoms with Crippen LogP contribution in [0.2, 0.25) is 0 Å². The minimum absolute atomic E-state index is 0.0688. The molecule has 0 aromatic heterocycles. The Labute approximate surface area is 186 Å². The number of rotatable bonds is 12. The Balaban J connectivity index is 2.21. The van der Waals surface area contributed by atoms with Crippen molar-refractivity contribution in [2.75, 3.05) is 32.1 Å². The van der Waals surface area contributed by atoms with Crippen molar-refractivity contribution in [2.45, 2.75) is 65.2 Å². The molecule has 6 nitrogen and oxygen atoms in total. The fraction of sp³-hybridized carbons (Fsp3) is 0.560. The van der Waals surface area contributed by atoms with E-state index in [0.29, 0.717) is 13.1 Å². The van der Waals surface area contributed by atoms with Gasteiger partial charge in [0.2, 0.25) is 0 Å². The lowest BCUT2D eigenvalue weighted by Crippen LogP contribution is -2.56. The standard InChI is InChI=1S/C25H37N3O3/c1-5-7-9-10-11-12-18-28-24(30)22(23(29)27(25(28)31)17-8-6-2)19-20-13-15-21(16-14-20)26(3)4/h13-16,19H,5-12,17-18H2,1-4H3/b22-19-. The summed E-state index contributed by atoms with van der Waals surface area (Å²) in [5.74, 6) is -0.965. The maximum atomic E-state index is 13.1. The summed E-state index contributed by atoms with van der Waals surface area (Å²) in [6, 6.07) is 7.18. The van der Waals surface area contributed by atoms with Gasteiger partial charge in [-0.25, -0.2) is 4.79 Å². The van der Waals surface area contributed by atoms with Crippen molar-refractivity contribution in [3.63, 3.8) is 0 Å². The van der Waals surface area contributed by atoms with Crippen LogP contribution in [0, 0.1) is 0 Å². The average molecular weight is 428 g/mol. The van der Waals surface area contributed by atoms with Gasteiger partial charge in [-0.05, 0) is 36.6 Å². The summed E-state index contributed by atoms with van der Waals surface area (Å²) >= 11 is 0. The first-order valence-corrected chi connectivity index (χ1v) is 11.6. The number of hydrogen-bond donors (Lipinski definition) is 0. The van der Waals surface area contributed by atoms with E-state index in [1.807, 2.05) is 50.2 Å². The van der Waals surface area contributed by atoms with Crippen molar-refractivity contribution < 1.29 is 14.4 Å².